The van der Waals surface area contributed by atoms with Crippen LogP contribution in [0.25, 0.3) is 16.6 Å². The molecule has 3 heterocycles. The van der Waals surface area contributed by atoms with E-state index in [2.05, 4.69) is 10.4 Å². The average molecular weight is 398 g/mol. The molecule has 0 spiro atoms. The van der Waals surface area contributed by atoms with Crippen LogP contribution in [0, 0.1) is 6.92 Å². The summed E-state index contributed by atoms with van der Waals surface area (Å²) in [4.78, 5) is 25.1. The van der Waals surface area contributed by atoms with Crippen molar-refractivity contribution in [1.29, 1.82) is 0 Å². The minimum atomic E-state index is -0.328. The minimum Gasteiger partial charge on any atom is -0.451 e. The number of aromatic nitrogens is 3. The first kappa shape index (κ1) is 17.9. The maximum atomic E-state index is 12.6. The van der Waals surface area contributed by atoms with Gasteiger partial charge in [0.05, 0.1) is 6.54 Å². The van der Waals surface area contributed by atoms with E-state index in [4.69, 9.17) is 4.42 Å². The highest BCUT2D eigenvalue weighted by Gasteiger charge is 2.13. The van der Waals surface area contributed by atoms with E-state index in [0.29, 0.717) is 23.5 Å². The molecule has 148 valence electrons. The molecule has 0 bridgehead atoms. The summed E-state index contributed by atoms with van der Waals surface area (Å²) >= 11 is 0. The van der Waals surface area contributed by atoms with E-state index in [9.17, 15) is 9.59 Å². The molecule has 1 amide bonds. The summed E-state index contributed by atoms with van der Waals surface area (Å²) < 4.78 is 8.56. The minimum absolute atomic E-state index is 0.211. The first-order valence-corrected chi connectivity index (χ1v) is 9.51. The lowest BCUT2D eigenvalue weighted by molar-refractivity contribution is 0.0998. The number of furan rings is 1. The van der Waals surface area contributed by atoms with E-state index < -0.39 is 0 Å². The van der Waals surface area contributed by atoms with E-state index in [-0.39, 0.29) is 17.4 Å². The third kappa shape index (κ3) is 3.26. The Balaban J connectivity index is 1.38. The summed E-state index contributed by atoms with van der Waals surface area (Å²) in [5.41, 5.74) is 3.62. The zero-order valence-electron chi connectivity index (χ0n) is 16.2. The van der Waals surface area contributed by atoms with Crippen molar-refractivity contribution in [1.82, 2.24) is 14.2 Å². The molecule has 1 N–H and O–H groups in total. The van der Waals surface area contributed by atoms with E-state index in [1.807, 2.05) is 49.4 Å². The molecule has 0 aliphatic heterocycles. The van der Waals surface area contributed by atoms with Crippen LogP contribution in [0.15, 0.2) is 82.1 Å². The number of nitrogens with zero attached hydrogens (tertiary/aromatic N) is 3. The van der Waals surface area contributed by atoms with Crippen molar-refractivity contribution < 1.29 is 9.21 Å². The highest BCUT2D eigenvalue weighted by atomic mass is 16.3. The zero-order chi connectivity index (χ0) is 20.7. The monoisotopic (exact) mass is 398 g/mol. The van der Waals surface area contributed by atoms with Gasteiger partial charge in [0.2, 0.25) is 0 Å². The van der Waals surface area contributed by atoms with E-state index in [0.717, 1.165) is 16.5 Å². The van der Waals surface area contributed by atoms with Crippen molar-refractivity contribution >= 4 is 28.2 Å². The average Bonchev–Trinajstić information content (AvgIpc) is 3.30. The van der Waals surface area contributed by atoms with Crippen LogP contribution in [-0.4, -0.2) is 20.1 Å². The molecule has 5 rings (SSSR count). The Morgan fingerprint density at radius 2 is 1.97 bits per heavy atom. The van der Waals surface area contributed by atoms with Gasteiger partial charge in [0.15, 0.2) is 11.4 Å². The van der Waals surface area contributed by atoms with Gasteiger partial charge in [-0.15, -0.1) is 5.10 Å². The van der Waals surface area contributed by atoms with Crippen molar-refractivity contribution in [3.8, 4) is 0 Å². The van der Waals surface area contributed by atoms with Crippen LogP contribution in [0.4, 0.5) is 5.69 Å². The number of benzene rings is 2. The second kappa shape index (κ2) is 7.04. The molecule has 0 atom stereocenters. The predicted molar refractivity (Wildman–Crippen MR) is 114 cm³/mol. The number of hydrogen-bond donors (Lipinski definition) is 1. The van der Waals surface area contributed by atoms with Gasteiger partial charge in [-0.1, -0.05) is 29.8 Å². The Bertz CT molecular complexity index is 1460. The summed E-state index contributed by atoms with van der Waals surface area (Å²) in [6, 6.07) is 20.2. The predicted octanol–water partition coefficient (Wildman–Crippen LogP) is 3.85. The molecule has 0 fully saturated rings. The first-order valence-electron chi connectivity index (χ1n) is 9.51. The van der Waals surface area contributed by atoms with Gasteiger partial charge in [0.1, 0.15) is 5.58 Å². The van der Waals surface area contributed by atoms with Gasteiger partial charge in [-0.25, -0.2) is 9.48 Å². The van der Waals surface area contributed by atoms with Crippen molar-refractivity contribution in [2.75, 3.05) is 5.32 Å². The largest absolute Gasteiger partial charge is 0.451 e. The van der Waals surface area contributed by atoms with Gasteiger partial charge in [0.25, 0.3) is 5.91 Å². The SMILES string of the molecule is Cc1ccc2oc(C(=O)Nc3cccc(Cn4nc5ccccn5c4=O)c3)cc2c1. The summed E-state index contributed by atoms with van der Waals surface area (Å²) in [5, 5.41) is 8.09. The van der Waals surface area contributed by atoms with Crippen molar-refractivity contribution in [2.24, 2.45) is 0 Å². The molecule has 0 saturated carbocycles. The second-order valence-corrected chi connectivity index (χ2v) is 7.18. The Labute approximate surface area is 171 Å². The molecule has 7 heteroatoms. The number of rotatable bonds is 4. The number of fused-ring (bicyclic) bond motifs is 2. The summed E-state index contributed by atoms with van der Waals surface area (Å²) in [6.45, 7) is 2.29. The van der Waals surface area contributed by atoms with Gasteiger partial charge in [-0.2, -0.15) is 0 Å². The number of carbonyl (C=O) groups is 1. The number of carbonyl (C=O) groups excluding carboxylic acids is 1. The number of anilines is 1. The number of amides is 1. The molecule has 30 heavy (non-hydrogen) atoms. The van der Waals surface area contributed by atoms with Crippen LogP contribution in [0.1, 0.15) is 21.7 Å². The normalized spacial score (nSPS) is 11.2. The number of hydrogen-bond acceptors (Lipinski definition) is 4. The van der Waals surface area contributed by atoms with Crippen LogP contribution in [0.5, 0.6) is 0 Å². The Hall–Kier alpha value is -4.13. The third-order valence-corrected chi connectivity index (χ3v) is 4.90. The number of nitrogens with one attached hydrogen (secondary N) is 1. The van der Waals surface area contributed by atoms with E-state index >= 15 is 0 Å². The van der Waals surface area contributed by atoms with Crippen LogP contribution < -0.4 is 11.0 Å². The molecule has 3 aromatic heterocycles. The van der Waals surface area contributed by atoms with Crippen LogP contribution >= 0.6 is 0 Å². The van der Waals surface area contributed by atoms with Crippen LogP contribution in [0.2, 0.25) is 0 Å². The van der Waals surface area contributed by atoms with Crippen molar-refractivity contribution in [3.63, 3.8) is 0 Å². The van der Waals surface area contributed by atoms with Crippen LogP contribution in [-0.2, 0) is 6.54 Å². The molecular formula is C23H18N4O3. The molecule has 0 aliphatic carbocycles. The fourth-order valence-electron chi connectivity index (χ4n) is 3.46. The fraction of sp³-hybridized carbons (Fsp3) is 0.0870. The summed E-state index contributed by atoms with van der Waals surface area (Å²) in [5.74, 6) is -0.0801. The zero-order valence-corrected chi connectivity index (χ0v) is 16.2. The van der Waals surface area contributed by atoms with Gasteiger partial charge in [-0.05, 0) is 55.0 Å². The molecule has 7 nitrogen and oxygen atoms in total. The molecular weight excluding hydrogens is 380 g/mol. The molecule has 2 aromatic carbocycles. The maximum Gasteiger partial charge on any atom is 0.350 e. The number of aryl methyl sites for hydroxylation is 1. The van der Waals surface area contributed by atoms with E-state index in [1.165, 1.54) is 9.08 Å². The Morgan fingerprint density at radius 3 is 2.83 bits per heavy atom. The molecule has 0 aliphatic rings. The second-order valence-electron chi connectivity index (χ2n) is 7.18. The summed E-state index contributed by atoms with van der Waals surface area (Å²) in [7, 11) is 0. The standard InChI is InChI=1S/C23H18N4O3/c1-15-8-9-19-17(11-15)13-20(30-19)22(28)24-18-6-4-5-16(12-18)14-27-23(29)26-10-3-2-7-21(26)25-27/h2-13H,14H2,1H3,(H,24,28). The smallest absolute Gasteiger partial charge is 0.350 e. The Morgan fingerprint density at radius 1 is 1.07 bits per heavy atom. The van der Waals surface area contributed by atoms with Gasteiger partial charge >= 0.3 is 5.69 Å². The van der Waals surface area contributed by atoms with Crippen LogP contribution in [0.3, 0.4) is 0 Å². The summed E-state index contributed by atoms with van der Waals surface area (Å²) in [6.07, 6.45) is 1.69. The maximum absolute atomic E-state index is 12.6. The Kier molecular flexibility index (Phi) is 4.21. The molecule has 0 unspecified atom stereocenters. The quantitative estimate of drug-likeness (QED) is 0.499. The molecule has 0 radical (unpaired) electrons. The van der Waals surface area contributed by atoms with Gasteiger partial charge < -0.3 is 9.73 Å². The molecule has 5 aromatic rings. The lowest BCUT2D eigenvalue weighted by atomic mass is 10.2. The highest BCUT2D eigenvalue weighted by Crippen LogP contribution is 2.22. The topological polar surface area (TPSA) is 81.5 Å². The lowest BCUT2D eigenvalue weighted by Crippen LogP contribution is -2.21. The lowest BCUT2D eigenvalue weighted by Gasteiger charge is -2.06. The van der Waals surface area contributed by atoms with Crippen molar-refractivity contribution in [3.05, 3.63) is 100 Å². The van der Waals surface area contributed by atoms with Gasteiger partial charge in [-0.3, -0.25) is 9.20 Å². The number of pyridine rings is 1. The first-order chi connectivity index (χ1) is 14.6. The third-order valence-electron chi connectivity index (χ3n) is 4.90. The van der Waals surface area contributed by atoms with E-state index in [1.54, 1.807) is 30.5 Å². The highest BCUT2D eigenvalue weighted by molar-refractivity contribution is 6.04. The fourth-order valence-corrected chi connectivity index (χ4v) is 3.46. The van der Waals surface area contributed by atoms with Gasteiger partial charge in [0, 0.05) is 17.3 Å². The molecule has 0 saturated heterocycles. The van der Waals surface area contributed by atoms with Crippen molar-refractivity contribution in [2.45, 2.75) is 13.5 Å².